The number of amides is 1. The highest BCUT2D eigenvalue weighted by molar-refractivity contribution is 5.78. The smallest absolute Gasteiger partial charge is 0.225 e. The fraction of sp³-hybridized carbons (Fsp3) is 0.533. The molecule has 3 atom stereocenters. The quantitative estimate of drug-likeness (QED) is 0.858. The van der Waals surface area contributed by atoms with Crippen LogP contribution >= 0.6 is 0 Å². The van der Waals surface area contributed by atoms with E-state index >= 15 is 0 Å². The highest BCUT2D eigenvalue weighted by atomic mass is 16.3. The molecule has 4 nitrogen and oxygen atoms in total. The Morgan fingerprint density at radius 3 is 2.68 bits per heavy atom. The number of rotatable bonds is 3. The molecular formula is C15H22N2O2. The number of benzene rings is 1. The van der Waals surface area contributed by atoms with Gasteiger partial charge >= 0.3 is 0 Å². The van der Waals surface area contributed by atoms with Gasteiger partial charge in [-0.3, -0.25) is 4.79 Å². The molecule has 1 aromatic carbocycles. The van der Waals surface area contributed by atoms with Crippen LogP contribution in [0, 0.1) is 5.92 Å². The van der Waals surface area contributed by atoms with Crippen molar-refractivity contribution < 1.29 is 9.90 Å². The minimum absolute atomic E-state index is 0.0940. The summed E-state index contributed by atoms with van der Waals surface area (Å²) >= 11 is 0. The van der Waals surface area contributed by atoms with Crippen LogP contribution in [0.3, 0.4) is 0 Å². The van der Waals surface area contributed by atoms with Gasteiger partial charge in [-0.1, -0.05) is 30.3 Å². The van der Waals surface area contributed by atoms with Crippen molar-refractivity contribution in [2.45, 2.75) is 38.0 Å². The molecular weight excluding hydrogens is 240 g/mol. The van der Waals surface area contributed by atoms with Gasteiger partial charge in [0.1, 0.15) is 0 Å². The van der Waals surface area contributed by atoms with E-state index in [-0.39, 0.29) is 17.9 Å². The molecule has 0 heterocycles. The molecule has 2 rings (SSSR count). The van der Waals surface area contributed by atoms with Crippen LogP contribution < -0.4 is 5.73 Å². The lowest BCUT2D eigenvalue weighted by Gasteiger charge is -2.32. The van der Waals surface area contributed by atoms with Crippen molar-refractivity contribution in [3.63, 3.8) is 0 Å². The van der Waals surface area contributed by atoms with E-state index in [1.807, 2.05) is 37.4 Å². The first-order valence-corrected chi connectivity index (χ1v) is 6.80. The summed E-state index contributed by atoms with van der Waals surface area (Å²) in [5, 5.41) is 9.77. The van der Waals surface area contributed by atoms with Crippen LogP contribution in [0.15, 0.2) is 30.3 Å². The number of nitrogens with zero attached hydrogens (tertiary/aromatic N) is 1. The first-order valence-electron chi connectivity index (χ1n) is 6.80. The summed E-state index contributed by atoms with van der Waals surface area (Å²) in [6.45, 7) is 0.609. The molecule has 1 aliphatic carbocycles. The van der Waals surface area contributed by atoms with Gasteiger partial charge in [-0.25, -0.2) is 0 Å². The van der Waals surface area contributed by atoms with Crippen LogP contribution in [-0.4, -0.2) is 35.1 Å². The lowest BCUT2D eigenvalue weighted by molar-refractivity contribution is -0.137. The zero-order valence-electron chi connectivity index (χ0n) is 11.3. The van der Waals surface area contributed by atoms with E-state index in [1.54, 1.807) is 4.90 Å². The van der Waals surface area contributed by atoms with E-state index in [0.29, 0.717) is 13.0 Å². The lowest BCUT2D eigenvalue weighted by atomic mass is 9.83. The van der Waals surface area contributed by atoms with Gasteiger partial charge < -0.3 is 15.7 Å². The van der Waals surface area contributed by atoms with Gasteiger partial charge in [0.2, 0.25) is 5.91 Å². The van der Waals surface area contributed by atoms with Crippen LogP contribution in [-0.2, 0) is 11.3 Å². The van der Waals surface area contributed by atoms with Crippen LogP contribution in [0.2, 0.25) is 0 Å². The molecule has 3 N–H and O–H groups in total. The van der Waals surface area contributed by atoms with E-state index in [0.717, 1.165) is 18.4 Å². The Bertz CT molecular complexity index is 421. The summed E-state index contributed by atoms with van der Waals surface area (Å²) in [5.74, 6) is 0.0123. The molecule has 19 heavy (non-hydrogen) atoms. The van der Waals surface area contributed by atoms with Crippen molar-refractivity contribution in [2.75, 3.05) is 7.05 Å². The molecule has 0 bridgehead atoms. The van der Waals surface area contributed by atoms with Crippen molar-refractivity contribution in [1.82, 2.24) is 4.90 Å². The summed E-state index contributed by atoms with van der Waals surface area (Å²) in [6.07, 6.45) is 1.43. The van der Waals surface area contributed by atoms with Crippen molar-refractivity contribution in [2.24, 2.45) is 11.7 Å². The van der Waals surface area contributed by atoms with Gasteiger partial charge in [-0.2, -0.15) is 0 Å². The second-order valence-corrected chi connectivity index (χ2v) is 5.42. The van der Waals surface area contributed by atoms with E-state index < -0.39 is 6.10 Å². The largest absolute Gasteiger partial charge is 0.391 e. The minimum Gasteiger partial charge on any atom is -0.391 e. The molecule has 0 aromatic heterocycles. The summed E-state index contributed by atoms with van der Waals surface area (Å²) in [6, 6.07) is 9.74. The number of carbonyl (C=O) groups is 1. The Balaban J connectivity index is 1.92. The van der Waals surface area contributed by atoms with Gasteiger partial charge in [0.25, 0.3) is 0 Å². The third kappa shape index (κ3) is 3.55. The Morgan fingerprint density at radius 2 is 2.05 bits per heavy atom. The van der Waals surface area contributed by atoms with Gasteiger partial charge in [0.05, 0.1) is 6.10 Å². The summed E-state index contributed by atoms with van der Waals surface area (Å²) in [7, 11) is 1.82. The van der Waals surface area contributed by atoms with E-state index in [1.165, 1.54) is 0 Å². The van der Waals surface area contributed by atoms with Crippen LogP contribution in [0.1, 0.15) is 24.8 Å². The number of aliphatic hydroxyl groups is 1. The molecule has 0 spiro atoms. The third-order valence-corrected chi connectivity index (χ3v) is 3.86. The summed E-state index contributed by atoms with van der Waals surface area (Å²) < 4.78 is 0. The maximum Gasteiger partial charge on any atom is 0.225 e. The van der Waals surface area contributed by atoms with Crippen molar-refractivity contribution in [1.29, 1.82) is 0 Å². The molecule has 0 saturated heterocycles. The molecule has 4 heteroatoms. The maximum atomic E-state index is 12.3. The average molecular weight is 262 g/mol. The highest BCUT2D eigenvalue weighted by Gasteiger charge is 2.32. The fourth-order valence-corrected chi connectivity index (χ4v) is 2.64. The summed E-state index contributed by atoms with van der Waals surface area (Å²) in [5.41, 5.74) is 6.88. The van der Waals surface area contributed by atoms with Gasteiger partial charge in [-0.05, 0) is 24.8 Å². The Kier molecular flexibility index (Phi) is 4.56. The molecule has 104 valence electrons. The highest BCUT2D eigenvalue weighted by Crippen LogP contribution is 2.25. The van der Waals surface area contributed by atoms with E-state index in [4.69, 9.17) is 5.73 Å². The Hall–Kier alpha value is -1.39. The normalized spacial score (nSPS) is 27.0. The zero-order chi connectivity index (χ0) is 13.8. The first kappa shape index (κ1) is 14.0. The maximum absolute atomic E-state index is 12.3. The number of hydrogen-bond acceptors (Lipinski definition) is 3. The van der Waals surface area contributed by atoms with Gasteiger partial charge in [-0.15, -0.1) is 0 Å². The topological polar surface area (TPSA) is 66.6 Å². The molecule has 1 fully saturated rings. The number of hydrogen-bond donors (Lipinski definition) is 2. The Labute approximate surface area is 114 Å². The predicted octanol–water partition coefficient (Wildman–Crippen LogP) is 1.13. The molecule has 0 unspecified atom stereocenters. The lowest BCUT2D eigenvalue weighted by Crippen LogP contribution is -2.44. The molecule has 1 saturated carbocycles. The Morgan fingerprint density at radius 1 is 1.37 bits per heavy atom. The van der Waals surface area contributed by atoms with E-state index in [9.17, 15) is 9.90 Å². The molecule has 0 radical (unpaired) electrons. The van der Waals surface area contributed by atoms with Crippen molar-refractivity contribution in [3.05, 3.63) is 35.9 Å². The second-order valence-electron chi connectivity index (χ2n) is 5.42. The average Bonchev–Trinajstić information content (AvgIpc) is 2.42. The molecule has 0 aliphatic heterocycles. The molecule has 1 amide bonds. The standard InChI is InChI=1S/C15H22N2O2/c1-17(10-11-5-3-2-4-6-11)15(19)12-7-8-13(16)14(18)9-12/h2-6,12-14,18H,7-10,16H2,1H3/t12-,13+,14+/m0/s1. The SMILES string of the molecule is CN(Cc1ccccc1)C(=O)[C@H]1CC[C@@H](N)[C@H](O)C1. The first-order chi connectivity index (χ1) is 9.08. The molecule has 1 aromatic rings. The molecule has 1 aliphatic rings. The van der Waals surface area contributed by atoms with Crippen molar-refractivity contribution in [3.8, 4) is 0 Å². The predicted molar refractivity (Wildman–Crippen MR) is 74.2 cm³/mol. The van der Waals surface area contributed by atoms with Crippen molar-refractivity contribution >= 4 is 5.91 Å². The monoisotopic (exact) mass is 262 g/mol. The number of carbonyl (C=O) groups excluding carboxylic acids is 1. The third-order valence-electron chi connectivity index (χ3n) is 3.86. The van der Waals surface area contributed by atoms with E-state index in [2.05, 4.69) is 0 Å². The van der Waals surface area contributed by atoms with Crippen LogP contribution in [0.4, 0.5) is 0 Å². The number of aliphatic hydroxyl groups excluding tert-OH is 1. The minimum atomic E-state index is -0.548. The van der Waals surface area contributed by atoms with Crippen LogP contribution in [0.5, 0.6) is 0 Å². The fourth-order valence-electron chi connectivity index (χ4n) is 2.64. The number of nitrogens with two attached hydrogens (primary N) is 1. The summed E-state index contributed by atoms with van der Waals surface area (Å²) in [4.78, 5) is 14.1. The zero-order valence-corrected chi connectivity index (χ0v) is 11.3. The second kappa shape index (κ2) is 6.17. The van der Waals surface area contributed by atoms with Crippen LogP contribution in [0.25, 0.3) is 0 Å². The van der Waals surface area contributed by atoms with Gasteiger partial charge in [0.15, 0.2) is 0 Å². The van der Waals surface area contributed by atoms with Gasteiger partial charge in [0, 0.05) is 25.6 Å².